The summed E-state index contributed by atoms with van der Waals surface area (Å²) in [6.07, 6.45) is -0.245. The van der Waals surface area contributed by atoms with Crippen LogP contribution in [0.15, 0.2) is 48.5 Å². The summed E-state index contributed by atoms with van der Waals surface area (Å²) < 4.78 is 16.8. The molecule has 2 heterocycles. The first-order valence-electron chi connectivity index (χ1n) is 9.83. The van der Waals surface area contributed by atoms with Crippen LogP contribution in [0.5, 0.6) is 11.5 Å². The Morgan fingerprint density at radius 1 is 1.20 bits per heavy atom. The number of carbonyl (C=O) groups excluding carboxylic acids is 1. The molecule has 0 spiro atoms. The van der Waals surface area contributed by atoms with Crippen molar-refractivity contribution in [3.63, 3.8) is 0 Å². The van der Waals surface area contributed by atoms with E-state index in [9.17, 15) is 4.79 Å². The van der Waals surface area contributed by atoms with Crippen LogP contribution in [-0.4, -0.2) is 49.7 Å². The molecule has 0 radical (unpaired) electrons. The Morgan fingerprint density at radius 3 is 2.80 bits per heavy atom. The van der Waals surface area contributed by atoms with E-state index in [0.717, 1.165) is 34.5 Å². The van der Waals surface area contributed by atoms with Crippen molar-refractivity contribution in [1.82, 2.24) is 9.88 Å². The van der Waals surface area contributed by atoms with Crippen molar-refractivity contribution in [3.8, 4) is 11.5 Å². The molecule has 156 valence electrons. The topological polar surface area (TPSA) is 86.9 Å². The molecule has 7 nitrogen and oxygen atoms in total. The maximum absolute atomic E-state index is 12.0. The average Bonchev–Trinajstić information content (AvgIpc) is 2.78. The first-order chi connectivity index (χ1) is 14.6. The number of amides is 1. The number of morpholine rings is 1. The maximum atomic E-state index is 12.0. The standard InChI is InChI=1S/C23H25N3O4/c1-28-16-8-7-15(21(11-16)29-2)13-26-9-10-30-22(14-26)20-12-18(23(24)27)17-5-3-4-6-19(17)25-20/h3-8,11-12,22H,9-10,13-14H2,1-2H3,(H2,24,27). The van der Waals surface area contributed by atoms with Gasteiger partial charge in [0.2, 0.25) is 5.91 Å². The molecule has 0 saturated carbocycles. The molecule has 3 aromatic rings. The van der Waals surface area contributed by atoms with Crippen LogP contribution in [0.2, 0.25) is 0 Å². The molecular formula is C23H25N3O4. The molecule has 2 N–H and O–H groups in total. The number of hydrogen-bond donors (Lipinski definition) is 1. The van der Waals surface area contributed by atoms with Crippen LogP contribution in [0.4, 0.5) is 0 Å². The number of pyridine rings is 1. The lowest BCUT2D eigenvalue weighted by Crippen LogP contribution is -2.38. The minimum Gasteiger partial charge on any atom is -0.497 e. The zero-order chi connectivity index (χ0) is 21.1. The summed E-state index contributed by atoms with van der Waals surface area (Å²) in [6.45, 7) is 2.73. The highest BCUT2D eigenvalue weighted by Crippen LogP contribution is 2.29. The van der Waals surface area contributed by atoms with Gasteiger partial charge in [0.25, 0.3) is 0 Å². The molecule has 30 heavy (non-hydrogen) atoms. The molecule has 1 aromatic heterocycles. The summed E-state index contributed by atoms with van der Waals surface area (Å²) in [4.78, 5) is 19.0. The quantitative estimate of drug-likeness (QED) is 0.676. The third-order valence-corrected chi connectivity index (χ3v) is 5.37. The Balaban J connectivity index is 1.58. The number of hydrogen-bond acceptors (Lipinski definition) is 6. The number of para-hydroxylation sites is 1. The molecule has 1 fully saturated rings. The second kappa shape index (κ2) is 8.69. The fraction of sp³-hybridized carbons (Fsp3) is 0.304. The molecule has 4 rings (SSSR count). The summed E-state index contributed by atoms with van der Waals surface area (Å²) >= 11 is 0. The lowest BCUT2D eigenvalue weighted by atomic mass is 10.0. The smallest absolute Gasteiger partial charge is 0.249 e. The first-order valence-corrected chi connectivity index (χ1v) is 9.83. The summed E-state index contributed by atoms with van der Waals surface area (Å²) in [7, 11) is 3.29. The molecule has 1 amide bonds. The van der Waals surface area contributed by atoms with E-state index in [4.69, 9.17) is 24.9 Å². The number of methoxy groups -OCH3 is 2. The molecule has 1 aliphatic heterocycles. The average molecular weight is 407 g/mol. The van der Waals surface area contributed by atoms with E-state index in [2.05, 4.69) is 4.90 Å². The van der Waals surface area contributed by atoms with Gasteiger partial charge in [-0.2, -0.15) is 0 Å². The highest BCUT2D eigenvalue weighted by Gasteiger charge is 2.25. The van der Waals surface area contributed by atoms with E-state index < -0.39 is 5.91 Å². The van der Waals surface area contributed by atoms with Crippen molar-refractivity contribution in [3.05, 3.63) is 65.4 Å². The summed E-state index contributed by atoms with van der Waals surface area (Å²) in [5.41, 5.74) is 8.61. The van der Waals surface area contributed by atoms with Gasteiger partial charge in [-0.1, -0.05) is 24.3 Å². The normalized spacial score (nSPS) is 17.1. The fourth-order valence-corrected chi connectivity index (χ4v) is 3.81. The Bertz CT molecular complexity index is 1070. The zero-order valence-corrected chi connectivity index (χ0v) is 17.1. The van der Waals surface area contributed by atoms with Gasteiger partial charge < -0.3 is 19.9 Å². The van der Waals surface area contributed by atoms with E-state index in [1.54, 1.807) is 20.3 Å². The van der Waals surface area contributed by atoms with Crippen LogP contribution in [0.3, 0.4) is 0 Å². The lowest BCUT2D eigenvalue weighted by molar-refractivity contribution is -0.0350. The maximum Gasteiger partial charge on any atom is 0.249 e. The van der Waals surface area contributed by atoms with Crippen LogP contribution in [-0.2, 0) is 11.3 Å². The minimum absolute atomic E-state index is 0.245. The van der Waals surface area contributed by atoms with Gasteiger partial charge in [-0.25, -0.2) is 4.98 Å². The number of aromatic nitrogens is 1. The van der Waals surface area contributed by atoms with Gasteiger partial charge in [0.15, 0.2) is 0 Å². The zero-order valence-electron chi connectivity index (χ0n) is 17.1. The van der Waals surface area contributed by atoms with Crippen molar-refractivity contribution >= 4 is 16.8 Å². The number of primary amides is 1. The number of fused-ring (bicyclic) bond motifs is 1. The molecule has 0 bridgehead atoms. The van der Waals surface area contributed by atoms with E-state index in [1.807, 2.05) is 42.5 Å². The summed E-state index contributed by atoms with van der Waals surface area (Å²) in [5.74, 6) is 1.08. The van der Waals surface area contributed by atoms with Gasteiger partial charge in [0, 0.05) is 36.7 Å². The third-order valence-electron chi connectivity index (χ3n) is 5.37. The van der Waals surface area contributed by atoms with Crippen LogP contribution in [0, 0.1) is 0 Å². The molecule has 1 saturated heterocycles. The number of nitrogens with two attached hydrogens (primary N) is 1. The van der Waals surface area contributed by atoms with Crippen LogP contribution < -0.4 is 15.2 Å². The molecule has 1 aliphatic rings. The van der Waals surface area contributed by atoms with Gasteiger partial charge in [0.1, 0.15) is 17.6 Å². The fourth-order valence-electron chi connectivity index (χ4n) is 3.81. The highest BCUT2D eigenvalue weighted by molar-refractivity contribution is 6.05. The van der Waals surface area contributed by atoms with Crippen LogP contribution in [0.1, 0.15) is 27.7 Å². The Kier molecular flexibility index (Phi) is 5.83. The van der Waals surface area contributed by atoms with Crippen LogP contribution in [0.25, 0.3) is 10.9 Å². The molecular weight excluding hydrogens is 382 g/mol. The molecule has 0 aliphatic carbocycles. The predicted molar refractivity (Wildman–Crippen MR) is 114 cm³/mol. The van der Waals surface area contributed by atoms with Crippen molar-refractivity contribution in [1.29, 1.82) is 0 Å². The Labute approximate surface area is 175 Å². The Morgan fingerprint density at radius 2 is 2.03 bits per heavy atom. The van der Waals surface area contributed by atoms with Gasteiger partial charge in [-0.3, -0.25) is 9.69 Å². The first kappa shape index (κ1) is 20.1. The van der Waals surface area contributed by atoms with E-state index >= 15 is 0 Å². The second-order valence-electron chi connectivity index (χ2n) is 7.25. The van der Waals surface area contributed by atoms with Crippen molar-refractivity contribution in [2.75, 3.05) is 33.9 Å². The Hall–Kier alpha value is -3.16. The molecule has 1 atom stereocenters. The molecule has 2 aromatic carbocycles. The molecule has 7 heteroatoms. The highest BCUT2D eigenvalue weighted by atomic mass is 16.5. The van der Waals surface area contributed by atoms with E-state index in [1.165, 1.54) is 0 Å². The van der Waals surface area contributed by atoms with Gasteiger partial charge in [0.05, 0.1) is 37.6 Å². The molecule has 1 unspecified atom stereocenters. The van der Waals surface area contributed by atoms with Crippen molar-refractivity contribution in [2.45, 2.75) is 12.6 Å². The summed E-state index contributed by atoms with van der Waals surface area (Å²) in [6, 6.07) is 15.1. The number of ether oxygens (including phenoxy) is 3. The second-order valence-corrected chi connectivity index (χ2v) is 7.25. The van der Waals surface area contributed by atoms with E-state index in [-0.39, 0.29) is 6.10 Å². The van der Waals surface area contributed by atoms with Crippen molar-refractivity contribution < 1.29 is 19.0 Å². The summed E-state index contributed by atoms with van der Waals surface area (Å²) in [5, 5.41) is 0.754. The number of carbonyl (C=O) groups is 1. The van der Waals surface area contributed by atoms with Crippen LogP contribution >= 0.6 is 0 Å². The number of nitrogens with zero attached hydrogens (tertiary/aromatic N) is 2. The van der Waals surface area contributed by atoms with Crippen molar-refractivity contribution in [2.24, 2.45) is 5.73 Å². The minimum atomic E-state index is -0.467. The van der Waals surface area contributed by atoms with Gasteiger partial charge in [-0.05, 0) is 18.2 Å². The number of benzene rings is 2. The monoisotopic (exact) mass is 407 g/mol. The predicted octanol–water partition coefficient (Wildman–Crippen LogP) is 2.92. The van der Waals surface area contributed by atoms with Gasteiger partial charge >= 0.3 is 0 Å². The third kappa shape index (κ3) is 4.08. The lowest BCUT2D eigenvalue weighted by Gasteiger charge is -2.33. The largest absolute Gasteiger partial charge is 0.497 e. The number of rotatable bonds is 6. The SMILES string of the molecule is COc1ccc(CN2CCOC(c3cc(C(N)=O)c4ccccc4n3)C2)c(OC)c1. The van der Waals surface area contributed by atoms with E-state index in [0.29, 0.717) is 31.0 Å². The van der Waals surface area contributed by atoms with Gasteiger partial charge in [-0.15, -0.1) is 0 Å².